The highest BCUT2D eigenvalue weighted by molar-refractivity contribution is 5.95. The van der Waals surface area contributed by atoms with Gasteiger partial charge < -0.3 is 4.90 Å². The van der Waals surface area contributed by atoms with Crippen molar-refractivity contribution in [1.82, 2.24) is 4.90 Å². The molecule has 2 aliphatic rings. The predicted molar refractivity (Wildman–Crippen MR) is 92.5 cm³/mol. The molecule has 2 aromatic carbocycles. The highest BCUT2D eigenvalue weighted by Crippen LogP contribution is 2.43. The van der Waals surface area contributed by atoms with Crippen LogP contribution in [0.25, 0.3) is 0 Å². The normalized spacial score (nSPS) is 25.2. The third-order valence-corrected chi connectivity index (χ3v) is 5.71. The van der Waals surface area contributed by atoms with Crippen LogP contribution in [0.15, 0.2) is 42.5 Å². The summed E-state index contributed by atoms with van der Waals surface area (Å²) in [6.45, 7) is 1.68. The second-order valence-corrected chi connectivity index (χ2v) is 7.28. The first-order valence-electron chi connectivity index (χ1n) is 8.87. The topological polar surface area (TPSA) is 20.3 Å². The van der Waals surface area contributed by atoms with Crippen molar-refractivity contribution in [2.75, 3.05) is 0 Å². The Morgan fingerprint density at radius 2 is 1.64 bits per heavy atom. The Balaban J connectivity index is 1.55. The number of piperidine rings is 1. The molecule has 2 aromatic rings. The standard InChI is InChI=1S/C21H21F2NO/c1-13-10-15(4-9-20(13)23)21(25)24-18-7-8-19(24)12-16(11-18)14-2-5-17(22)6-3-14/h2-6,9-10,16,18-19H,7-8,11-12H2,1H3/t16?,18-,19+. The molecule has 0 aromatic heterocycles. The molecule has 1 unspecified atom stereocenters. The molecule has 2 nitrogen and oxygen atoms in total. The molecule has 2 aliphatic heterocycles. The lowest BCUT2D eigenvalue weighted by molar-refractivity contribution is 0.0571. The number of rotatable bonds is 2. The van der Waals surface area contributed by atoms with Crippen LogP contribution in [0.4, 0.5) is 8.78 Å². The van der Waals surface area contributed by atoms with E-state index in [1.54, 1.807) is 19.1 Å². The molecule has 0 saturated carbocycles. The summed E-state index contributed by atoms with van der Waals surface area (Å²) in [7, 11) is 0. The van der Waals surface area contributed by atoms with E-state index in [-0.39, 0.29) is 29.6 Å². The Bertz CT molecular complexity index is 788. The van der Waals surface area contributed by atoms with E-state index in [2.05, 4.69) is 0 Å². The van der Waals surface area contributed by atoms with Crippen molar-refractivity contribution in [3.8, 4) is 0 Å². The number of benzene rings is 2. The van der Waals surface area contributed by atoms with Crippen molar-refractivity contribution in [2.24, 2.45) is 0 Å². The minimum absolute atomic E-state index is 0.00755. The molecule has 25 heavy (non-hydrogen) atoms. The number of hydrogen-bond acceptors (Lipinski definition) is 1. The van der Waals surface area contributed by atoms with Crippen LogP contribution in [0.1, 0.15) is 53.1 Å². The first kappa shape index (κ1) is 16.2. The fourth-order valence-corrected chi connectivity index (χ4v) is 4.44. The maximum absolute atomic E-state index is 13.5. The summed E-state index contributed by atoms with van der Waals surface area (Å²) in [4.78, 5) is 15.0. The van der Waals surface area contributed by atoms with Gasteiger partial charge in [-0.3, -0.25) is 4.79 Å². The van der Waals surface area contributed by atoms with Gasteiger partial charge in [0, 0.05) is 17.6 Å². The Morgan fingerprint density at radius 3 is 2.24 bits per heavy atom. The lowest BCUT2D eigenvalue weighted by Gasteiger charge is -2.39. The summed E-state index contributed by atoms with van der Waals surface area (Å²) in [5, 5.41) is 0. The summed E-state index contributed by atoms with van der Waals surface area (Å²) in [5.74, 6) is -0.120. The zero-order valence-electron chi connectivity index (χ0n) is 14.2. The van der Waals surface area contributed by atoms with E-state index in [0.717, 1.165) is 31.2 Å². The molecule has 4 heteroatoms. The van der Waals surface area contributed by atoms with Crippen LogP contribution in [0, 0.1) is 18.6 Å². The number of hydrogen-bond donors (Lipinski definition) is 0. The van der Waals surface area contributed by atoms with Crippen molar-refractivity contribution in [1.29, 1.82) is 0 Å². The molecule has 2 saturated heterocycles. The molecule has 1 amide bonds. The number of halogens is 2. The molecule has 130 valence electrons. The minimum atomic E-state index is -0.283. The molecular weight excluding hydrogens is 320 g/mol. The fraction of sp³-hybridized carbons (Fsp3) is 0.381. The zero-order valence-corrected chi connectivity index (χ0v) is 14.2. The maximum Gasteiger partial charge on any atom is 0.254 e. The number of nitrogens with zero attached hydrogens (tertiary/aromatic N) is 1. The first-order chi connectivity index (χ1) is 12.0. The average molecular weight is 341 g/mol. The second-order valence-electron chi connectivity index (χ2n) is 7.28. The van der Waals surface area contributed by atoms with Crippen LogP contribution < -0.4 is 0 Å². The molecule has 2 fully saturated rings. The van der Waals surface area contributed by atoms with E-state index in [0.29, 0.717) is 17.0 Å². The van der Waals surface area contributed by atoms with E-state index in [4.69, 9.17) is 0 Å². The average Bonchev–Trinajstić information content (AvgIpc) is 2.87. The lowest BCUT2D eigenvalue weighted by Crippen LogP contribution is -2.46. The SMILES string of the molecule is Cc1cc(C(=O)N2[C@@H]3CC[C@H]2CC(c2ccc(F)cc2)C3)ccc1F. The lowest BCUT2D eigenvalue weighted by atomic mass is 9.84. The second kappa shape index (κ2) is 6.25. The molecule has 3 atom stereocenters. The van der Waals surface area contributed by atoms with Gasteiger partial charge in [-0.2, -0.15) is 0 Å². The van der Waals surface area contributed by atoms with Gasteiger partial charge >= 0.3 is 0 Å². The number of aryl methyl sites for hydroxylation is 1. The molecule has 0 spiro atoms. The Morgan fingerprint density at radius 1 is 1.00 bits per heavy atom. The van der Waals surface area contributed by atoms with Gasteiger partial charge in [-0.05, 0) is 80.0 Å². The van der Waals surface area contributed by atoms with Gasteiger partial charge in [-0.15, -0.1) is 0 Å². The zero-order chi connectivity index (χ0) is 17.6. The monoisotopic (exact) mass is 341 g/mol. The van der Waals surface area contributed by atoms with Gasteiger partial charge in [0.2, 0.25) is 0 Å². The molecule has 4 rings (SSSR count). The highest BCUT2D eigenvalue weighted by atomic mass is 19.1. The molecular formula is C21H21F2NO. The van der Waals surface area contributed by atoms with Crippen molar-refractivity contribution >= 4 is 5.91 Å². The number of amides is 1. The van der Waals surface area contributed by atoms with E-state index in [1.165, 1.54) is 18.2 Å². The Hall–Kier alpha value is -2.23. The van der Waals surface area contributed by atoms with Crippen LogP contribution in [0.2, 0.25) is 0 Å². The van der Waals surface area contributed by atoms with Gasteiger partial charge in [0.1, 0.15) is 11.6 Å². The molecule has 2 heterocycles. The van der Waals surface area contributed by atoms with E-state index >= 15 is 0 Å². The Kier molecular flexibility index (Phi) is 4.06. The minimum Gasteiger partial charge on any atom is -0.333 e. The first-order valence-corrected chi connectivity index (χ1v) is 8.87. The van der Waals surface area contributed by atoms with Crippen LogP contribution in [-0.4, -0.2) is 22.9 Å². The van der Waals surface area contributed by atoms with Crippen molar-refractivity contribution in [3.05, 3.63) is 70.8 Å². The van der Waals surface area contributed by atoms with Crippen molar-refractivity contribution in [3.63, 3.8) is 0 Å². The number of fused-ring (bicyclic) bond motifs is 2. The van der Waals surface area contributed by atoms with Gasteiger partial charge in [0.25, 0.3) is 5.91 Å². The van der Waals surface area contributed by atoms with Gasteiger partial charge in [-0.25, -0.2) is 8.78 Å². The maximum atomic E-state index is 13.5. The van der Waals surface area contributed by atoms with Gasteiger partial charge in [-0.1, -0.05) is 12.1 Å². The van der Waals surface area contributed by atoms with Gasteiger partial charge in [0.15, 0.2) is 0 Å². The van der Waals surface area contributed by atoms with E-state index < -0.39 is 0 Å². The summed E-state index contributed by atoms with van der Waals surface area (Å²) < 4.78 is 26.6. The summed E-state index contributed by atoms with van der Waals surface area (Å²) in [6.07, 6.45) is 3.84. The van der Waals surface area contributed by atoms with E-state index in [1.807, 2.05) is 17.0 Å². The summed E-state index contributed by atoms with van der Waals surface area (Å²) in [5.41, 5.74) is 2.22. The molecule has 0 N–H and O–H groups in total. The summed E-state index contributed by atoms with van der Waals surface area (Å²) >= 11 is 0. The fourth-order valence-electron chi connectivity index (χ4n) is 4.44. The van der Waals surface area contributed by atoms with Crippen LogP contribution in [0.5, 0.6) is 0 Å². The van der Waals surface area contributed by atoms with E-state index in [9.17, 15) is 13.6 Å². The van der Waals surface area contributed by atoms with Crippen LogP contribution in [-0.2, 0) is 0 Å². The van der Waals surface area contributed by atoms with Crippen LogP contribution >= 0.6 is 0 Å². The number of carbonyl (C=O) groups is 1. The predicted octanol–water partition coefficient (Wildman–Crippen LogP) is 4.82. The van der Waals surface area contributed by atoms with Crippen molar-refractivity contribution in [2.45, 2.75) is 50.6 Å². The largest absolute Gasteiger partial charge is 0.333 e. The molecule has 0 aliphatic carbocycles. The van der Waals surface area contributed by atoms with Gasteiger partial charge in [0.05, 0.1) is 0 Å². The molecule has 0 radical (unpaired) electrons. The highest BCUT2D eigenvalue weighted by Gasteiger charge is 2.43. The third kappa shape index (κ3) is 2.94. The smallest absolute Gasteiger partial charge is 0.254 e. The third-order valence-electron chi connectivity index (χ3n) is 5.71. The summed E-state index contributed by atoms with van der Waals surface area (Å²) in [6, 6.07) is 11.8. The van der Waals surface area contributed by atoms with Crippen LogP contribution in [0.3, 0.4) is 0 Å². The Labute approximate surface area is 146 Å². The van der Waals surface area contributed by atoms with Crippen molar-refractivity contribution < 1.29 is 13.6 Å². The quantitative estimate of drug-likeness (QED) is 0.766. The molecule has 2 bridgehead atoms. The number of carbonyl (C=O) groups excluding carboxylic acids is 1.